The summed E-state index contributed by atoms with van der Waals surface area (Å²) in [5.74, 6) is 0.129. The molecule has 2 aromatic carbocycles. The van der Waals surface area contributed by atoms with E-state index in [0.717, 1.165) is 33.4 Å². The van der Waals surface area contributed by atoms with Gasteiger partial charge >= 0.3 is 0 Å². The Morgan fingerprint density at radius 3 is 2.36 bits per heavy atom. The van der Waals surface area contributed by atoms with E-state index < -0.39 is 0 Å². The molecule has 25 heavy (non-hydrogen) atoms. The first-order chi connectivity index (χ1) is 12.0. The molecule has 0 spiro atoms. The van der Waals surface area contributed by atoms with Crippen molar-refractivity contribution >= 4 is 22.5 Å². The van der Waals surface area contributed by atoms with Crippen LogP contribution in [0.1, 0.15) is 16.8 Å². The fraction of sp³-hybridized carbons (Fsp3) is 0.286. The predicted octanol–water partition coefficient (Wildman–Crippen LogP) is 3.74. The SMILES string of the molecule is Cc1[nH]c2ccccc2c1CC(=O)N(C)Cc1ccc(N(C)C)cc1. The van der Waals surface area contributed by atoms with Gasteiger partial charge in [0.25, 0.3) is 0 Å². The number of benzene rings is 2. The van der Waals surface area contributed by atoms with Gasteiger partial charge in [0.1, 0.15) is 0 Å². The van der Waals surface area contributed by atoms with Crippen LogP contribution in [0.5, 0.6) is 0 Å². The largest absolute Gasteiger partial charge is 0.378 e. The van der Waals surface area contributed by atoms with E-state index >= 15 is 0 Å². The Morgan fingerprint density at radius 2 is 1.68 bits per heavy atom. The van der Waals surface area contributed by atoms with Crippen LogP contribution in [0.3, 0.4) is 0 Å². The van der Waals surface area contributed by atoms with Crippen LogP contribution in [0, 0.1) is 6.92 Å². The van der Waals surface area contributed by atoms with Crippen molar-refractivity contribution in [2.75, 3.05) is 26.0 Å². The third-order valence-electron chi connectivity index (χ3n) is 4.65. The molecule has 0 aliphatic carbocycles. The van der Waals surface area contributed by atoms with Crippen molar-refractivity contribution in [3.8, 4) is 0 Å². The first kappa shape index (κ1) is 17.1. The quantitative estimate of drug-likeness (QED) is 0.771. The molecule has 0 atom stereocenters. The van der Waals surface area contributed by atoms with Crippen molar-refractivity contribution in [1.29, 1.82) is 0 Å². The molecule has 3 aromatic rings. The molecule has 3 rings (SSSR count). The van der Waals surface area contributed by atoms with E-state index in [1.807, 2.05) is 46.3 Å². The van der Waals surface area contributed by atoms with Gasteiger partial charge in [0.05, 0.1) is 6.42 Å². The Kier molecular flexibility index (Phi) is 4.79. The molecular formula is C21H25N3O. The highest BCUT2D eigenvalue weighted by Crippen LogP contribution is 2.23. The Hall–Kier alpha value is -2.75. The van der Waals surface area contributed by atoms with Gasteiger partial charge in [0, 0.05) is 50.0 Å². The van der Waals surface area contributed by atoms with Gasteiger partial charge in [-0.3, -0.25) is 4.79 Å². The standard InChI is InChI=1S/C21H25N3O/c1-15-19(18-7-5-6-8-20(18)22-15)13-21(25)24(4)14-16-9-11-17(12-10-16)23(2)3/h5-12,22H,13-14H2,1-4H3. The number of fused-ring (bicyclic) bond motifs is 1. The summed E-state index contributed by atoms with van der Waals surface area (Å²) in [4.78, 5) is 19.9. The highest BCUT2D eigenvalue weighted by Gasteiger charge is 2.15. The van der Waals surface area contributed by atoms with E-state index in [4.69, 9.17) is 0 Å². The molecular weight excluding hydrogens is 310 g/mol. The van der Waals surface area contributed by atoms with Crippen molar-refractivity contribution in [3.63, 3.8) is 0 Å². The summed E-state index contributed by atoms with van der Waals surface area (Å²) >= 11 is 0. The number of hydrogen-bond donors (Lipinski definition) is 1. The van der Waals surface area contributed by atoms with Crippen LogP contribution < -0.4 is 4.90 Å². The van der Waals surface area contributed by atoms with Crippen LogP contribution in [0.15, 0.2) is 48.5 Å². The molecule has 0 unspecified atom stereocenters. The second-order valence-corrected chi connectivity index (χ2v) is 6.76. The Morgan fingerprint density at radius 1 is 1.00 bits per heavy atom. The number of rotatable bonds is 5. The fourth-order valence-corrected chi connectivity index (χ4v) is 3.11. The van der Waals surface area contributed by atoms with Crippen molar-refractivity contribution in [2.45, 2.75) is 19.9 Å². The van der Waals surface area contributed by atoms with Crippen LogP contribution in [-0.2, 0) is 17.8 Å². The number of anilines is 1. The maximum Gasteiger partial charge on any atom is 0.227 e. The van der Waals surface area contributed by atoms with E-state index in [2.05, 4.69) is 40.2 Å². The smallest absolute Gasteiger partial charge is 0.227 e. The monoisotopic (exact) mass is 335 g/mol. The van der Waals surface area contributed by atoms with Gasteiger partial charge in [-0.25, -0.2) is 0 Å². The van der Waals surface area contributed by atoms with Gasteiger partial charge in [-0.2, -0.15) is 0 Å². The van der Waals surface area contributed by atoms with Crippen LogP contribution in [0.2, 0.25) is 0 Å². The van der Waals surface area contributed by atoms with Gasteiger partial charge in [0.2, 0.25) is 5.91 Å². The predicted molar refractivity (Wildman–Crippen MR) is 104 cm³/mol. The summed E-state index contributed by atoms with van der Waals surface area (Å²) in [6, 6.07) is 16.5. The summed E-state index contributed by atoms with van der Waals surface area (Å²) in [6.45, 7) is 2.65. The molecule has 0 aliphatic heterocycles. The first-order valence-electron chi connectivity index (χ1n) is 8.52. The van der Waals surface area contributed by atoms with Crippen molar-refractivity contribution in [2.24, 2.45) is 0 Å². The van der Waals surface area contributed by atoms with E-state index in [1.54, 1.807) is 4.90 Å². The minimum atomic E-state index is 0.129. The van der Waals surface area contributed by atoms with Crippen LogP contribution in [-0.4, -0.2) is 36.9 Å². The molecule has 0 bridgehead atoms. The van der Waals surface area contributed by atoms with Crippen molar-refractivity contribution < 1.29 is 4.79 Å². The fourth-order valence-electron chi connectivity index (χ4n) is 3.11. The molecule has 0 radical (unpaired) electrons. The minimum absolute atomic E-state index is 0.129. The second kappa shape index (κ2) is 7.01. The highest BCUT2D eigenvalue weighted by molar-refractivity contribution is 5.90. The number of nitrogens with zero attached hydrogens (tertiary/aromatic N) is 2. The molecule has 1 N–H and O–H groups in total. The minimum Gasteiger partial charge on any atom is -0.378 e. The van der Waals surface area contributed by atoms with Gasteiger partial charge in [-0.15, -0.1) is 0 Å². The number of aromatic nitrogens is 1. The van der Waals surface area contributed by atoms with Crippen LogP contribution in [0.25, 0.3) is 10.9 Å². The lowest BCUT2D eigenvalue weighted by atomic mass is 10.1. The number of amides is 1. The van der Waals surface area contributed by atoms with E-state index in [9.17, 15) is 4.79 Å². The molecule has 130 valence electrons. The van der Waals surface area contributed by atoms with Crippen molar-refractivity contribution in [1.82, 2.24) is 9.88 Å². The summed E-state index contributed by atoms with van der Waals surface area (Å²) in [6.07, 6.45) is 0.419. The number of para-hydroxylation sites is 1. The zero-order valence-electron chi connectivity index (χ0n) is 15.3. The zero-order valence-corrected chi connectivity index (χ0v) is 15.3. The number of likely N-dealkylation sites (N-methyl/N-ethyl adjacent to an activating group) is 1. The zero-order chi connectivity index (χ0) is 18.0. The molecule has 0 fully saturated rings. The summed E-state index contributed by atoms with van der Waals surface area (Å²) < 4.78 is 0. The second-order valence-electron chi connectivity index (χ2n) is 6.76. The highest BCUT2D eigenvalue weighted by atomic mass is 16.2. The Labute approximate surface area is 149 Å². The summed E-state index contributed by atoms with van der Waals surface area (Å²) in [7, 11) is 5.91. The molecule has 4 nitrogen and oxygen atoms in total. The van der Waals surface area contributed by atoms with Gasteiger partial charge < -0.3 is 14.8 Å². The average molecular weight is 335 g/mol. The lowest BCUT2D eigenvalue weighted by Crippen LogP contribution is -2.27. The summed E-state index contributed by atoms with van der Waals surface area (Å²) in [5, 5.41) is 1.14. The molecule has 1 heterocycles. The normalized spacial score (nSPS) is 10.9. The van der Waals surface area contributed by atoms with Crippen molar-refractivity contribution in [3.05, 3.63) is 65.4 Å². The summed E-state index contributed by atoms with van der Waals surface area (Å²) in [5.41, 5.74) is 5.54. The maximum absolute atomic E-state index is 12.7. The number of aryl methyl sites for hydroxylation is 1. The molecule has 0 saturated carbocycles. The number of nitrogens with one attached hydrogen (secondary N) is 1. The van der Waals surface area contributed by atoms with Gasteiger partial charge in [0.15, 0.2) is 0 Å². The number of hydrogen-bond acceptors (Lipinski definition) is 2. The van der Waals surface area contributed by atoms with E-state index in [0.29, 0.717) is 13.0 Å². The lowest BCUT2D eigenvalue weighted by Gasteiger charge is -2.18. The van der Waals surface area contributed by atoms with Gasteiger partial charge in [-0.1, -0.05) is 30.3 Å². The number of carbonyl (C=O) groups excluding carboxylic acids is 1. The molecule has 1 amide bonds. The third kappa shape index (κ3) is 3.68. The first-order valence-corrected chi connectivity index (χ1v) is 8.52. The Bertz CT molecular complexity index is 878. The number of carbonyl (C=O) groups is 1. The van der Waals surface area contributed by atoms with E-state index in [-0.39, 0.29) is 5.91 Å². The topological polar surface area (TPSA) is 39.3 Å². The van der Waals surface area contributed by atoms with Gasteiger partial charge in [-0.05, 0) is 36.2 Å². The number of H-pyrrole nitrogens is 1. The van der Waals surface area contributed by atoms with Crippen LogP contribution >= 0.6 is 0 Å². The lowest BCUT2D eigenvalue weighted by molar-refractivity contribution is -0.129. The molecule has 1 aromatic heterocycles. The maximum atomic E-state index is 12.7. The molecule has 4 heteroatoms. The molecule has 0 saturated heterocycles. The third-order valence-corrected chi connectivity index (χ3v) is 4.65. The van der Waals surface area contributed by atoms with E-state index in [1.165, 1.54) is 0 Å². The van der Waals surface area contributed by atoms with Crippen LogP contribution in [0.4, 0.5) is 5.69 Å². The molecule has 0 aliphatic rings. The number of aromatic amines is 1. The Balaban J connectivity index is 1.71. The average Bonchev–Trinajstić information content (AvgIpc) is 2.91.